The maximum atomic E-state index is 11.2. The summed E-state index contributed by atoms with van der Waals surface area (Å²) in [6.07, 6.45) is 3.91. The van der Waals surface area contributed by atoms with E-state index in [0.717, 1.165) is 32.3 Å². The van der Waals surface area contributed by atoms with Crippen LogP contribution < -0.4 is 0 Å². The van der Waals surface area contributed by atoms with Gasteiger partial charge in [0.05, 0.1) is 12.1 Å². The van der Waals surface area contributed by atoms with E-state index in [-0.39, 0.29) is 6.42 Å². The molecule has 3 nitrogen and oxygen atoms in total. The summed E-state index contributed by atoms with van der Waals surface area (Å²) in [6, 6.07) is 18.0. The molecule has 0 radical (unpaired) electrons. The highest BCUT2D eigenvalue weighted by molar-refractivity contribution is 7.13. The molecular formula is C20H17NO2S. The van der Waals surface area contributed by atoms with Gasteiger partial charge in [0, 0.05) is 10.4 Å². The average molecular weight is 335 g/mol. The molecule has 1 N–H and O–H groups in total. The first-order chi connectivity index (χ1) is 11.6. The van der Waals surface area contributed by atoms with Crippen molar-refractivity contribution in [1.82, 2.24) is 4.98 Å². The summed E-state index contributed by atoms with van der Waals surface area (Å²) in [7, 11) is 0. The molecule has 3 aromatic rings. The van der Waals surface area contributed by atoms with Gasteiger partial charge >= 0.3 is 5.97 Å². The molecule has 0 fully saturated rings. The van der Waals surface area contributed by atoms with Crippen LogP contribution in [0.4, 0.5) is 0 Å². The Morgan fingerprint density at radius 3 is 2.46 bits per heavy atom. The Hall–Kier alpha value is -2.72. The Bertz CT molecular complexity index is 864. The van der Waals surface area contributed by atoms with E-state index in [2.05, 4.69) is 4.98 Å². The van der Waals surface area contributed by atoms with Crippen LogP contribution in [-0.4, -0.2) is 16.1 Å². The van der Waals surface area contributed by atoms with Crippen LogP contribution >= 0.6 is 11.3 Å². The van der Waals surface area contributed by atoms with Gasteiger partial charge in [-0.25, -0.2) is 4.98 Å². The van der Waals surface area contributed by atoms with E-state index in [9.17, 15) is 4.79 Å². The molecule has 2 aromatic carbocycles. The second-order valence-corrected chi connectivity index (χ2v) is 6.62. The molecule has 0 atom stereocenters. The zero-order valence-electron chi connectivity index (χ0n) is 13.3. The van der Waals surface area contributed by atoms with Crippen LogP contribution in [0, 0.1) is 6.92 Å². The lowest BCUT2D eigenvalue weighted by Gasteiger charge is -2.01. The molecular weight excluding hydrogens is 318 g/mol. The quantitative estimate of drug-likeness (QED) is 0.720. The van der Waals surface area contributed by atoms with Crippen molar-refractivity contribution >= 4 is 29.5 Å². The third-order valence-corrected chi connectivity index (χ3v) is 4.59. The van der Waals surface area contributed by atoms with E-state index in [4.69, 9.17) is 5.11 Å². The van der Waals surface area contributed by atoms with Gasteiger partial charge in [-0.05, 0) is 18.6 Å². The van der Waals surface area contributed by atoms with Crippen molar-refractivity contribution in [2.45, 2.75) is 13.3 Å². The molecule has 3 rings (SSSR count). The van der Waals surface area contributed by atoms with Crippen LogP contribution in [0.5, 0.6) is 0 Å². The lowest BCUT2D eigenvalue weighted by atomic mass is 10.1. The maximum Gasteiger partial charge on any atom is 0.308 e. The van der Waals surface area contributed by atoms with E-state index < -0.39 is 5.97 Å². The monoisotopic (exact) mass is 335 g/mol. The summed E-state index contributed by atoms with van der Waals surface area (Å²) in [6.45, 7) is 2.02. The normalized spacial score (nSPS) is 11.0. The smallest absolute Gasteiger partial charge is 0.308 e. The fourth-order valence-corrected chi connectivity index (χ4v) is 3.35. The highest BCUT2D eigenvalue weighted by atomic mass is 32.1. The first kappa shape index (κ1) is 16.1. The molecule has 0 saturated heterocycles. The van der Waals surface area contributed by atoms with Gasteiger partial charge in [-0.2, -0.15) is 0 Å². The Morgan fingerprint density at radius 2 is 1.79 bits per heavy atom. The second-order valence-electron chi connectivity index (χ2n) is 5.50. The lowest BCUT2D eigenvalue weighted by Crippen LogP contribution is -1.99. The predicted octanol–water partition coefficient (Wildman–Crippen LogP) is 4.92. The Labute approximate surface area is 144 Å². The third-order valence-electron chi connectivity index (χ3n) is 3.57. The summed E-state index contributed by atoms with van der Waals surface area (Å²) in [4.78, 5) is 16.6. The van der Waals surface area contributed by atoms with Crippen molar-refractivity contribution in [3.8, 4) is 11.3 Å². The summed E-state index contributed by atoms with van der Waals surface area (Å²) in [5, 5.41) is 9.97. The topological polar surface area (TPSA) is 50.2 Å². The number of carboxylic acid groups (broad SMARTS) is 1. The number of carboxylic acids is 1. The van der Waals surface area contributed by atoms with Crippen LogP contribution in [0.15, 0.2) is 54.6 Å². The minimum atomic E-state index is -0.842. The molecule has 0 aliphatic rings. The summed E-state index contributed by atoms with van der Waals surface area (Å²) in [5.41, 5.74) is 3.96. The van der Waals surface area contributed by atoms with Crippen LogP contribution in [0.1, 0.15) is 21.0 Å². The van der Waals surface area contributed by atoms with E-state index in [0.29, 0.717) is 0 Å². The lowest BCUT2D eigenvalue weighted by molar-refractivity contribution is -0.136. The van der Waals surface area contributed by atoms with Crippen molar-refractivity contribution in [3.63, 3.8) is 0 Å². The number of hydrogen-bond donors (Lipinski definition) is 1. The molecule has 0 unspecified atom stereocenters. The van der Waals surface area contributed by atoms with Gasteiger partial charge in [-0.1, -0.05) is 66.2 Å². The highest BCUT2D eigenvalue weighted by Crippen LogP contribution is 2.30. The number of aromatic nitrogens is 1. The van der Waals surface area contributed by atoms with E-state index >= 15 is 0 Å². The molecule has 0 aliphatic carbocycles. The molecule has 0 bridgehead atoms. The van der Waals surface area contributed by atoms with E-state index in [1.807, 2.05) is 73.7 Å². The Kier molecular flexibility index (Phi) is 4.87. The van der Waals surface area contributed by atoms with Gasteiger partial charge in [-0.3, -0.25) is 4.79 Å². The maximum absolute atomic E-state index is 11.2. The third kappa shape index (κ3) is 3.97. The molecule has 24 heavy (non-hydrogen) atoms. The fraction of sp³-hybridized carbons (Fsp3) is 0.100. The van der Waals surface area contributed by atoms with Crippen molar-refractivity contribution < 1.29 is 9.90 Å². The van der Waals surface area contributed by atoms with Gasteiger partial charge in [0.1, 0.15) is 5.01 Å². The van der Waals surface area contributed by atoms with Crippen LogP contribution in [0.2, 0.25) is 0 Å². The molecule has 0 spiro atoms. The zero-order valence-corrected chi connectivity index (χ0v) is 14.1. The molecule has 4 heteroatoms. The number of rotatable bonds is 5. The van der Waals surface area contributed by atoms with Crippen LogP contribution in [-0.2, 0) is 11.2 Å². The number of nitrogens with zero attached hydrogens (tertiary/aromatic N) is 1. The molecule has 120 valence electrons. The van der Waals surface area contributed by atoms with Gasteiger partial charge < -0.3 is 5.11 Å². The van der Waals surface area contributed by atoms with E-state index in [1.165, 1.54) is 11.3 Å². The number of aryl methyl sites for hydroxylation is 1. The molecule has 0 aliphatic heterocycles. The number of benzene rings is 2. The Balaban J connectivity index is 1.95. The van der Waals surface area contributed by atoms with Gasteiger partial charge in [0.25, 0.3) is 0 Å². The summed E-state index contributed by atoms with van der Waals surface area (Å²) < 4.78 is 0. The highest BCUT2D eigenvalue weighted by Gasteiger charge is 2.14. The zero-order chi connectivity index (χ0) is 16.9. The van der Waals surface area contributed by atoms with Crippen molar-refractivity contribution in [2.24, 2.45) is 0 Å². The summed E-state index contributed by atoms with van der Waals surface area (Å²) in [5.74, 6) is -0.842. The largest absolute Gasteiger partial charge is 0.481 e. The van der Waals surface area contributed by atoms with Crippen LogP contribution in [0.3, 0.4) is 0 Å². The van der Waals surface area contributed by atoms with Crippen molar-refractivity contribution in [3.05, 3.63) is 75.6 Å². The SMILES string of the molecule is Cc1ccc(-c2nc(/C=C/c3ccccc3)sc2CC(=O)O)cc1. The molecule has 1 heterocycles. The van der Waals surface area contributed by atoms with Crippen molar-refractivity contribution in [2.75, 3.05) is 0 Å². The number of aliphatic carboxylic acids is 1. The average Bonchev–Trinajstić information content (AvgIpc) is 2.97. The molecule has 1 aromatic heterocycles. The van der Waals surface area contributed by atoms with Gasteiger partial charge in [0.2, 0.25) is 0 Å². The van der Waals surface area contributed by atoms with Gasteiger partial charge in [0.15, 0.2) is 0 Å². The summed E-state index contributed by atoms with van der Waals surface area (Å²) >= 11 is 1.43. The first-order valence-electron chi connectivity index (χ1n) is 7.63. The number of thiazole rings is 1. The minimum Gasteiger partial charge on any atom is -0.481 e. The van der Waals surface area contributed by atoms with Crippen molar-refractivity contribution in [1.29, 1.82) is 0 Å². The predicted molar refractivity (Wildman–Crippen MR) is 99.0 cm³/mol. The van der Waals surface area contributed by atoms with E-state index in [1.54, 1.807) is 0 Å². The Morgan fingerprint density at radius 1 is 1.08 bits per heavy atom. The first-order valence-corrected chi connectivity index (χ1v) is 8.45. The van der Waals surface area contributed by atoms with Gasteiger partial charge in [-0.15, -0.1) is 11.3 Å². The minimum absolute atomic E-state index is 0.0138. The number of carbonyl (C=O) groups is 1. The van der Waals surface area contributed by atoms with Crippen LogP contribution in [0.25, 0.3) is 23.4 Å². The molecule has 0 saturated carbocycles. The fourth-order valence-electron chi connectivity index (χ4n) is 2.37. The number of hydrogen-bond acceptors (Lipinski definition) is 3. The molecule has 0 amide bonds. The second kappa shape index (κ2) is 7.23. The standard InChI is InChI=1S/C20H17NO2S/c1-14-7-10-16(11-8-14)20-17(13-19(22)23)24-18(21-20)12-9-15-5-3-2-4-6-15/h2-12H,13H2,1H3,(H,22,23)/b12-9+.